The van der Waals surface area contributed by atoms with Gasteiger partial charge in [0.05, 0.1) is 25.4 Å². The van der Waals surface area contributed by atoms with Gasteiger partial charge in [-0.2, -0.15) is 0 Å². The number of amides is 1. The Morgan fingerprint density at radius 2 is 2.00 bits per heavy atom. The van der Waals surface area contributed by atoms with Crippen LogP contribution < -0.4 is 10.6 Å². The number of cyclic esters (lactones) is 1. The first-order valence-corrected chi connectivity index (χ1v) is 8.82. The molecule has 1 aromatic rings. The molecule has 0 saturated carbocycles. The number of carbonyl (C=O) groups is 1. The third kappa shape index (κ3) is 4.28. The van der Waals surface area contributed by atoms with Gasteiger partial charge in [-0.05, 0) is 18.2 Å². The minimum Gasteiger partial charge on any atom is -0.442 e. The van der Waals surface area contributed by atoms with E-state index in [9.17, 15) is 29.6 Å². The number of anilines is 2. The number of halogens is 1. The van der Waals surface area contributed by atoms with Crippen LogP contribution >= 0.6 is 0 Å². The number of hydrogen-bond donors (Lipinski definition) is 6. The summed E-state index contributed by atoms with van der Waals surface area (Å²) in [5.74, 6) is -0.590. The van der Waals surface area contributed by atoms with E-state index in [1.165, 1.54) is 17.0 Å². The van der Waals surface area contributed by atoms with Crippen molar-refractivity contribution in [2.75, 3.05) is 37.4 Å². The second kappa shape index (κ2) is 8.45. The van der Waals surface area contributed by atoms with E-state index in [4.69, 9.17) is 9.47 Å². The predicted molar refractivity (Wildman–Crippen MR) is 95.2 cm³/mol. The lowest BCUT2D eigenvalue weighted by molar-refractivity contribution is -0.221. The van der Waals surface area contributed by atoms with Gasteiger partial charge in [0, 0.05) is 12.7 Å². The largest absolute Gasteiger partial charge is 0.442 e. The number of likely N-dealkylation sites (N-methyl/N-ethyl adjacent to an activating group) is 1. The lowest BCUT2D eigenvalue weighted by atomic mass is 9.98. The quantitative estimate of drug-likeness (QED) is 0.350. The van der Waals surface area contributed by atoms with E-state index in [1.54, 1.807) is 7.05 Å². The Kier molecular flexibility index (Phi) is 6.20. The number of hydrogen-bond acceptors (Lipinski definition) is 9. The zero-order valence-electron chi connectivity index (χ0n) is 15.2. The molecular formula is C17H24FN3O7. The first kappa shape index (κ1) is 20.6. The van der Waals surface area contributed by atoms with E-state index in [-0.39, 0.29) is 24.0 Å². The van der Waals surface area contributed by atoms with Gasteiger partial charge in [0.1, 0.15) is 36.3 Å². The van der Waals surface area contributed by atoms with Crippen LogP contribution in [0.25, 0.3) is 0 Å². The summed E-state index contributed by atoms with van der Waals surface area (Å²) in [6, 6.07) is 4.15. The number of nitrogens with zero attached hydrogens (tertiary/aromatic N) is 1. The van der Waals surface area contributed by atoms with Gasteiger partial charge in [0.2, 0.25) is 0 Å². The van der Waals surface area contributed by atoms with Crippen molar-refractivity contribution in [1.82, 2.24) is 4.90 Å². The first-order valence-electron chi connectivity index (χ1n) is 8.82. The van der Waals surface area contributed by atoms with Crippen LogP contribution in [0.15, 0.2) is 18.2 Å². The van der Waals surface area contributed by atoms with Crippen molar-refractivity contribution in [3.05, 3.63) is 24.0 Å². The molecule has 2 fully saturated rings. The number of benzene rings is 1. The normalized spacial score (nSPS) is 32.9. The van der Waals surface area contributed by atoms with Crippen LogP contribution in [0.3, 0.4) is 0 Å². The highest BCUT2D eigenvalue weighted by molar-refractivity contribution is 5.69. The topological polar surface area (TPSA) is 144 Å². The van der Waals surface area contributed by atoms with Crippen molar-refractivity contribution < 1.29 is 39.1 Å². The summed E-state index contributed by atoms with van der Waals surface area (Å²) in [7, 11) is 1.61. The number of carbonyl (C=O) groups excluding carboxylic acids is 1. The van der Waals surface area contributed by atoms with Crippen LogP contribution in [-0.2, 0) is 9.47 Å². The first-order chi connectivity index (χ1) is 13.3. The fourth-order valence-electron chi connectivity index (χ4n) is 3.11. The average Bonchev–Trinajstić information content (AvgIpc) is 2.99. The van der Waals surface area contributed by atoms with E-state index in [2.05, 4.69) is 10.6 Å². The van der Waals surface area contributed by atoms with Gasteiger partial charge in [0.25, 0.3) is 0 Å². The molecule has 0 aliphatic carbocycles. The summed E-state index contributed by atoms with van der Waals surface area (Å²) in [5, 5.41) is 44.4. The molecule has 2 heterocycles. The molecule has 3 rings (SSSR count). The van der Waals surface area contributed by atoms with Crippen LogP contribution in [0, 0.1) is 5.82 Å². The maximum Gasteiger partial charge on any atom is 0.410 e. The highest BCUT2D eigenvalue weighted by Crippen LogP contribution is 2.25. The van der Waals surface area contributed by atoms with Crippen molar-refractivity contribution >= 4 is 17.5 Å². The molecule has 11 heteroatoms. The molecule has 6 N–H and O–H groups in total. The van der Waals surface area contributed by atoms with E-state index >= 15 is 0 Å². The number of rotatable bonds is 6. The summed E-state index contributed by atoms with van der Waals surface area (Å²) in [6.07, 6.45) is -7.49. The number of ether oxygens (including phenoxy) is 2. The molecular weight excluding hydrogens is 377 g/mol. The number of aliphatic hydroxyl groups excluding tert-OH is 4. The maximum absolute atomic E-state index is 14.4. The fraction of sp³-hybridized carbons (Fsp3) is 0.588. The van der Waals surface area contributed by atoms with Gasteiger partial charge in [-0.25, -0.2) is 9.18 Å². The molecule has 156 valence electrons. The summed E-state index contributed by atoms with van der Waals surface area (Å²) in [6.45, 7) is 0.0952. The van der Waals surface area contributed by atoms with Crippen molar-refractivity contribution in [1.29, 1.82) is 0 Å². The summed E-state index contributed by atoms with van der Waals surface area (Å²) < 4.78 is 24.8. The predicted octanol–water partition coefficient (Wildman–Crippen LogP) is -1.10. The second-order valence-corrected chi connectivity index (χ2v) is 6.86. The Labute approximate surface area is 160 Å². The molecule has 0 bridgehead atoms. The third-order valence-corrected chi connectivity index (χ3v) is 4.75. The molecule has 1 aromatic carbocycles. The van der Waals surface area contributed by atoms with E-state index < -0.39 is 49.2 Å². The minimum atomic E-state index is -1.53. The van der Waals surface area contributed by atoms with Gasteiger partial charge in [0.15, 0.2) is 6.23 Å². The molecule has 2 saturated heterocycles. The maximum atomic E-state index is 14.4. The van der Waals surface area contributed by atoms with Crippen LogP contribution in [0.1, 0.15) is 0 Å². The molecule has 2 aliphatic rings. The molecule has 2 aliphatic heterocycles. The molecule has 6 atom stereocenters. The van der Waals surface area contributed by atoms with Gasteiger partial charge < -0.3 is 45.4 Å². The summed E-state index contributed by atoms with van der Waals surface area (Å²) >= 11 is 0. The van der Waals surface area contributed by atoms with Crippen LogP contribution in [0.4, 0.5) is 20.6 Å². The smallest absolute Gasteiger partial charge is 0.410 e. The van der Waals surface area contributed by atoms with Crippen LogP contribution in [0.5, 0.6) is 0 Å². The van der Waals surface area contributed by atoms with E-state index in [1.807, 2.05) is 0 Å². The Bertz CT molecular complexity index is 707. The molecule has 0 spiro atoms. The van der Waals surface area contributed by atoms with Crippen molar-refractivity contribution in [3.8, 4) is 0 Å². The van der Waals surface area contributed by atoms with Crippen molar-refractivity contribution in [2.45, 2.75) is 36.7 Å². The van der Waals surface area contributed by atoms with E-state index in [0.717, 1.165) is 6.07 Å². The second-order valence-electron chi connectivity index (χ2n) is 6.86. The molecule has 0 aromatic heterocycles. The molecule has 1 amide bonds. The summed E-state index contributed by atoms with van der Waals surface area (Å²) in [4.78, 5) is 12.8. The van der Waals surface area contributed by atoms with E-state index in [0.29, 0.717) is 6.54 Å². The lowest BCUT2D eigenvalue weighted by Crippen LogP contribution is -2.60. The van der Waals surface area contributed by atoms with Crippen molar-refractivity contribution in [2.24, 2.45) is 0 Å². The SMILES string of the molecule is CN1C[C@H](CNc2ccc(N[C@H]3OC(CO)[C@@H](O)C(O)[C@@H]3O)cc2F)OC1=O. The monoisotopic (exact) mass is 401 g/mol. The van der Waals surface area contributed by atoms with Gasteiger partial charge in [-0.15, -0.1) is 0 Å². The molecule has 10 nitrogen and oxygen atoms in total. The highest BCUT2D eigenvalue weighted by Gasteiger charge is 2.43. The molecule has 28 heavy (non-hydrogen) atoms. The van der Waals surface area contributed by atoms with Crippen LogP contribution in [-0.4, -0.2) is 94.9 Å². The highest BCUT2D eigenvalue weighted by atomic mass is 19.1. The van der Waals surface area contributed by atoms with Gasteiger partial charge in [-0.3, -0.25) is 0 Å². The number of nitrogens with one attached hydrogen (secondary N) is 2. The lowest BCUT2D eigenvalue weighted by Gasteiger charge is -2.40. The van der Waals surface area contributed by atoms with Gasteiger partial charge in [-0.1, -0.05) is 0 Å². The van der Waals surface area contributed by atoms with Crippen molar-refractivity contribution in [3.63, 3.8) is 0 Å². The molecule has 2 unspecified atom stereocenters. The standard InChI is InChI=1S/C17H24FN3O7/c1-21-6-9(27-17(21)26)5-19-11-3-2-8(4-10(11)18)20-16-15(25)14(24)13(23)12(7-22)28-16/h2-4,9,12-16,19-20,22-25H,5-7H2,1H3/t9-,12?,13+,14?,15-,16-/m0/s1. The zero-order valence-corrected chi connectivity index (χ0v) is 15.2. The Morgan fingerprint density at radius 1 is 1.25 bits per heavy atom. The Hall–Kier alpha value is -2.18. The number of aliphatic hydroxyl groups is 4. The zero-order chi connectivity index (χ0) is 20.4. The third-order valence-electron chi connectivity index (χ3n) is 4.75. The molecule has 0 radical (unpaired) electrons. The minimum absolute atomic E-state index is 0.199. The van der Waals surface area contributed by atoms with Crippen LogP contribution in [0.2, 0.25) is 0 Å². The Morgan fingerprint density at radius 3 is 2.61 bits per heavy atom. The average molecular weight is 401 g/mol. The van der Waals surface area contributed by atoms with Gasteiger partial charge >= 0.3 is 6.09 Å². The Balaban J connectivity index is 1.60. The summed E-state index contributed by atoms with van der Waals surface area (Å²) in [5.41, 5.74) is 0.462. The fourth-order valence-corrected chi connectivity index (χ4v) is 3.11.